The van der Waals surface area contributed by atoms with E-state index in [1.54, 1.807) is 0 Å². The minimum Gasteiger partial charge on any atom is -0.333 e. The zero-order chi connectivity index (χ0) is 39.8. The topological polar surface area (TPSA) is 30.7 Å². The SMILES string of the molecule is CC(C)Cc1cc(-c2[c-]cccc2)ncc1[Si](C)(C)C.[Ir].[c-]1ccc2c(sc3ccccc32)c1-c1nc2cc3ccccc3cc2n1-c1ccc(-c2ccccc2)cc1. The Bertz CT molecular complexity index is 3040. The van der Waals surface area contributed by atoms with Gasteiger partial charge in [-0.25, -0.2) is 0 Å². The van der Waals surface area contributed by atoms with Crippen molar-refractivity contribution < 1.29 is 20.1 Å². The number of hydrogen-bond acceptors (Lipinski definition) is 3. The number of nitrogens with zero attached hydrogens (tertiary/aromatic N) is 3. The molecule has 0 aliphatic rings. The van der Waals surface area contributed by atoms with E-state index in [0.717, 1.165) is 45.8 Å². The van der Waals surface area contributed by atoms with Gasteiger partial charge in [0, 0.05) is 36.7 Å². The van der Waals surface area contributed by atoms with Gasteiger partial charge in [-0.2, -0.15) is 11.3 Å². The molecule has 3 aromatic heterocycles. The van der Waals surface area contributed by atoms with E-state index in [-0.39, 0.29) is 20.1 Å². The van der Waals surface area contributed by atoms with Crippen molar-refractivity contribution >= 4 is 66.6 Å². The zero-order valence-electron chi connectivity index (χ0n) is 34.0. The molecule has 0 amide bonds. The summed E-state index contributed by atoms with van der Waals surface area (Å²) in [5.41, 5.74) is 10.2. The molecule has 0 fully saturated rings. The second kappa shape index (κ2) is 17.0. The molecule has 3 nitrogen and oxygen atoms in total. The molecular weight excluding hydrogens is 931 g/mol. The Hall–Kier alpha value is -5.49. The van der Waals surface area contributed by atoms with Crippen molar-refractivity contribution in [2.45, 2.75) is 39.9 Å². The maximum absolute atomic E-state index is 5.25. The third-order valence-electron chi connectivity index (χ3n) is 10.7. The van der Waals surface area contributed by atoms with Crippen LogP contribution >= 0.6 is 11.3 Å². The first-order valence-corrected chi connectivity index (χ1v) is 24.4. The molecule has 0 bridgehead atoms. The molecule has 0 saturated carbocycles. The molecule has 0 saturated heterocycles. The first-order chi connectivity index (χ1) is 28.2. The van der Waals surface area contributed by atoms with Crippen LogP contribution in [0, 0.1) is 18.1 Å². The normalized spacial score (nSPS) is 11.6. The summed E-state index contributed by atoms with van der Waals surface area (Å²) in [6, 6.07) is 62.3. The number of thiophene rings is 1. The summed E-state index contributed by atoms with van der Waals surface area (Å²) in [4.78, 5) is 9.94. The van der Waals surface area contributed by atoms with E-state index in [2.05, 4.69) is 195 Å². The van der Waals surface area contributed by atoms with Crippen LogP contribution in [0.2, 0.25) is 19.6 Å². The molecule has 10 aromatic rings. The van der Waals surface area contributed by atoms with Gasteiger partial charge in [-0.1, -0.05) is 141 Å². The summed E-state index contributed by atoms with van der Waals surface area (Å²) in [6.07, 6.45) is 3.24. The van der Waals surface area contributed by atoms with Crippen LogP contribution in [0.15, 0.2) is 164 Å². The number of benzene rings is 7. The summed E-state index contributed by atoms with van der Waals surface area (Å²) in [7, 11) is -1.34. The molecule has 0 N–H and O–H groups in total. The van der Waals surface area contributed by atoms with E-state index in [1.165, 1.54) is 52.8 Å². The molecule has 7 aromatic carbocycles. The van der Waals surface area contributed by atoms with Gasteiger partial charge >= 0.3 is 0 Å². The van der Waals surface area contributed by atoms with Gasteiger partial charge in [-0.05, 0) is 85.5 Å². The Labute approximate surface area is 365 Å². The Morgan fingerprint density at radius 2 is 1.37 bits per heavy atom. The Morgan fingerprint density at radius 1 is 0.678 bits per heavy atom. The number of hydrogen-bond donors (Lipinski definition) is 0. The molecule has 0 aliphatic carbocycles. The Kier molecular flexibility index (Phi) is 11.6. The van der Waals surface area contributed by atoms with Crippen LogP contribution in [0.4, 0.5) is 0 Å². The van der Waals surface area contributed by atoms with Crippen molar-refractivity contribution in [1.29, 1.82) is 0 Å². The average molecular weight is 976 g/mol. The largest absolute Gasteiger partial charge is 0.333 e. The Morgan fingerprint density at radius 3 is 2.10 bits per heavy atom. The standard InChI is InChI=1S/C35H21N2S.C18H24NSi.Ir/c1-2-9-23(10-3-1)24-17-19-27(20-18-24)37-32-22-26-12-5-4-11-25(26)21-31(32)36-35(37)30-15-8-14-29-28-13-6-7-16-33(28)38-34(29)30;1-14(2)11-16-12-17(15-9-7-6-8-10-15)19-13-18(16)20(3,4)5;/h1-14,16-22H;6-9,12-14H,11H2,1-5H3;/q2*-1;. The van der Waals surface area contributed by atoms with Gasteiger partial charge in [0.2, 0.25) is 0 Å². The molecule has 3 heterocycles. The van der Waals surface area contributed by atoms with Crippen molar-refractivity contribution in [3.8, 4) is 39.5 Å². The van der Waals surface area contributed by atoms with Gasteiger partial charge in [0.15, 0.2) is 0 Å². The number of fused-ring (bicyclic) bond motifs is 5. The van der Waals surface area contributed by atoms with Crippen LogP contribution in [-0.2, 0) is 26.5 Å². The van der Waals surface area contributed by atoms with Gasteiger partial charge in [-0.3, -0.25) is 4.98 Å². The minimum atomic E-state index is -1.34. The summed E-state index contributed by atoms with van der Waals surface area (Å²) < 4.78 is 4.80. The van der Waals surface area contributed by atoms with Gasteiger partial charge in [0.1, 0.15) is 0 Å². The fourth-order valence-corrected chi connectivity index (χ4v) is 10.7. The van der Waals surface area contributed by atoms with E-state index < -0.39 is 8.07 Å². The van der Waals surface area contributed by atoms with E-state index in [4.69, 9.17) is 4.98 Å². The molecule has 1 radical (unpaired) electrons. The van der Waals surface area contributed by atoms with Crippen LogP contribution in [-0.4, -0.2) is 22.6 Å². The van der Waals surface area contributed by atoms with Gasteiger partial charge in [-0.15, -0.1) is 54.1 Å². The first kappa shape index (κ1) is 40.3. The van der Waals surface area contributed by atoms with Crippen LogP contribution in [0.5, 0.6) is 0 Å². The molecule has 0 aliphatic heterocycles. The molecule has 10 rings (SSSR count). The first-order valence-electron chi connectivity index (χ1n) is 20.1. The summed E-state index contributed by atoms with van der Waals surface area (Å²) in [5.74, 6) is 1.58. The Balaban J connectivity index is 0.000000197. The maximum atomic E-state index is 5.25. The van der Waals surface area contributed by atoms with E-state index >= 15 is 0 Å². The van der Waals surface area contributed by atoms with Crippen molar-refractivity contribution in [3.63, 3.8) is 0 Å². The predicted octanol–water partition coefficient (Wildman–Crippen LogP) is 14.0. The minimum absolute atomic E-state index is 0. The van der Waals surface area contributed by atoms with Crippen molar-refractivity contribution in [2.75, 3.05) is 0 Å². The molecule has 59 heavy (non-hydrogen) atoms. The average Bonchev–Trinajstić information content (AvgIpc) is 3.81. The smallest absolute Gasteiger partial charge is 0.0798 e. The molecular formula is C53H45IrN3SSi-2. The second-order valence-corrected chi connectivity index (χ2v) is 22.5. The van der Waals surface area contributed by atoms with E-state index in [0.29, 0.717) is 5.92 Å². The predicted molar refractivity (Wildman–Crippen MR) is 251 cm³/mol. The summed E-state index contributed by atoms with van der Waals surface area (Å²) in [5, 5.41) is 6.43. The van der Waals surface area contributed by atoms with Crippen LogP contribution in [0.25, 0.3) is 81.4 Å². The third kappa shape index (κ3) is 8.24. The van der Waals surface area contributed by atoms with Crippen molar-refractivity contribution in [2.24, 2.45) is 5.92 Å². The molecule has 0 spiro atoms. The van der Waals surface area contributed by atoms with Gasteiger partial charge in [0.05, 0.1) is 24.9 Å². The van der Waals surface area contributed by atoms with Crippen LogP contribution in [0.3, 0.4) is 0 Å². The summed E-state index contributed by atoms with van der Waals surface area (Å²) in [6.45, 7) is 11.7. The van der Waals surface area contributed by atoms with Gasteiger partial charge in [0.25, 0.3) is 0 Å². The van der Waals surface area contributed by atoms with Gasteiger partial charge < -0.3 is 9.55 Å². The molecule has 0 atom stereocenters. The quantitative estimate of drug-likeness (QED) is 0.118. The fourth-order valence-electron chi connectivity index (χ4n) is 7.96. The van der Waals surface area contributed by atoms with E-state index in [9.17, 15) is 0 Å². The van der Waals surface area contributed by atoms with Crippen LogP contribution < -0.4 is 5.19 Å². The summed E-state index contributed by atoms with van der Waals surface area (Å²) >= 11 is 1.82. The number of imidazole rings is 1. The third-order valence-corrected chi connectivity index (χ3v) is 14.0. The second-order valence-electron chi connectivity index (χ2n) is 16.4. The van der Waals surface area contributed by atoms with Crippen LogP contribution in [0.1, 0.15) is 19.4 Å². The number of rotatable bonds is 7. The zero-order valence-corrected chi connectivity index (χ0v) is 38.2. The molecule has 6 heteroatoms. The molecule has 0 unspecified atom stereocenters. The maximum Gasteiger partial charge on any atom is 0.0798 e. The van der Waals surface area contributed by atoms with Crippen molar-refractivity contribution in [1.82, 2.24) is 14.5 Å². The number of aromatic nitrogens is 3. The number of pyridine rings is 1. The van der Waals surface area contributed by atoms with E-state index in [1.807, 2.05) is 35.6 Å². The monoisotopic (exact) mass is 976 g/mol. The van der Waals surface area contributed by atoms with Crippen molar-refractivity contribution in [3.05, 3.63) is 182 Å². The molecule has 293 valence electrons. The fraction of sp³-hybridized carbons (Fsp3) is 0.132.